The van der Waals surface area contributed by atoms with E-state index in [-0.39, 0.29) is 29.2 Å². The minimum Gasteiger partial charge on any atom is -0.465 e. The first-order valence-electron chi connectivity index (χ1n) is 11.3. The second kappa shape index (κ2) is 11.3. The third kappa shape index (κ3) is 6.05. The first-order chi connectivity index (χ1) is 16.2. The van der Waals surface area contributed by atoms with Crippen LogP contribution in [0.2, 0.25) is 0 Å². The summed E-state index contributed by atoms with van der Waals surface area (Å²) in [5, 5.41) is 3.95. The quantitative estimate of drug-likeness (QED) is 0.275. The van der Waals surface area contributed by atoms with Crippen LogP contribution in [0.15, 0.2) is 52.4 Å². The highest BCUT2D eigenvalue weighted by Gasteiger charge is 2.18. The summed E-state index contributed by atoms with van der Waals surface area (Å²) in [4.78, 5) is 42.6. The molecule has 1 N–H and O–H groups in total. The fourth-order valence-electron chi connectivity index (χ4n) is 3.67. The molecule has 3 aromatic rings. The zero-order valence-electron chi connectivity index (χ0n) is 20.3. The smallest absolute Gasteiger partial charge is 0.337 e. The van der Waals surface area contributed by atoms with E-state index >= 15 is 0 Å². The number of benzene rings is 2. The molecule has 0 unspecified atom stereocenters. The summed E-state index contributed by atoms with van der Waals surface area (Å²) in [6.07, 6.45) is 0.766. The Bertz CT molecular complexity index is 1240. The molecule has 0 saturated carbocycles. The lowest BCUT2D eigenvalue weighted by Gasteiger charge is -2.18. The molecule has 1 atom stereocenters. The number of nitrogens with zero attached hydrogens (tertiary/aromatic N) is 2. The molecule has 0 aliphatic heterocycles. The molecule has 0 aliphatic rings. The summed E-state index contributed by atoms with van der Waals surface area (Å²) in [6, 6.07) is 12.8. The Morgan fingerprint density at radius 3 is 2.47 bits per heavy atom. The number of hydrogen-bond donors (Lipinski definition) is 1. The molecule has 3 rings (SSSR count). The van der Waals surface area contributed by atoms with Gasteiger partial charge in [-0.25, -0.2) is 9.78 Å². The number of carbonyl (C=O) groups excluding carboxylic acids is 2. The van der Waals surface area contributed by atoms with Gasteiger partial charge in [0.05, 0.1) is 35.4 Å². The lowest BCUT2D eigenvalue weighted by atomic mass is 10.0. The highest BCUT2D eigenvalue weighted by Crippen LogP contribution is 2.22. The lowest BCUT2D eigenvalue weighted by Crippen LogP contribution is -2.30. The predicted molar refractivity (Wildman–Crippen MR) is 135 cm³/mol. The molecule has 7 nitrogen and oxygen atoms in total. The predicted octanol–water partition coefficient (Wildman–Crippen LogP) is 4.51. The van der Waals surface area contributed by atoms with Gasteiger partial charge >= 0.3 is 5.97 Å². The standard InChI is InChI=1S/C26H31N3O4S/c1-6-21(18-9-7-17(4)8-10-18)27-23(30)15-34-26-28-22-13-19(25(32)33-5)11-12-20(22)24(31)29(26)14-16(2)3/h7-13,16,21H,6,14-15H2,1-5H3,(H,27,30)/t21-/m1/s1. The molecule has 0 radical (unpaired) electrons. The van der Waals surface area contributed by atoms with E-state index in [9.17, 15) is 14.4 Å². The summed E-state index contributed by atoms with van der Waals surface area (Å²) in [7, 11) is 1.31. The number of carbonyl (C=O) groups is 2. The average Bonchev–Trinajstić information content (AvgIpc) is 2.82. The zero-order chi connectivity index (χ0) is 24.8. The van der Waals surface area contributed by atoms with Crippen molar-refractivity contribution in [2.24, 2.45) is 5.92 Å². The summed E-state index contributed by atoms with van der Waals surface area (Å²) in [5.41, 5.74) is 2.76. The van der Waals surface area contributed by atoms with Crippen molar-refractivity contribution >= 4 is 34.5 Å². The SMILES string of the molecule is CC[C@@H](NC(=O)CSc1nc2cc(C(=O)OC)ccc2c(=O)n1CC(C)C)c1ccc(C)cc1. The minimum absolute atomic E-state index is 0.0845. The van der Waals surface area contributed by atoms with Crippen LogP contribution in [0, 0.1) is 12.8 Å². The van der Waals surface area contributed by atoms with Crippen LogP contribution in [-0.2, 0) is 16.1 Å². The van der Waals surface area contributed by atoms with E-state index in [1.165, 1.54) is 24.4 Å². The molecule has 2 aromatic carbocycles. The minimum atomic E-state index is -0.495. The van der Waals surface area contributed by atoms with Crippen LogP contribution in [0.1, 0.15) is 54.7 Å². The van der Waals surface area contributed by atoms with E-state index in [0.717, 1.165) is 12.0 Å². The van der Waals surface area contributed by atoms with Crippen molar-refractivity contribution in [2.45, 2.75) is 51.9 Å². The largest absolute Gasteiger partial charge is 0.465 e. The van der Waals surface area contributed by atoms with Crippen molar-refractivity contribution in [3.05, 3.63) is 69.5 Å². The van der Waals surface area contributed by atoms with Gasteiger partial charge in [0, 0.05) is 6.54 Å². The summed E-state index contributed by atoms with van der Waals surface area (Å²) >= 11 is 1.22. The molecule has 1 amide bonds. The number of rotatable bonds is 9. The maximum atomic E-state index is 13.2. The molecule has 0 aliphatic carbocycles. The third-order valence-corrected chi connectivity index (χ3v) is 6.42. The molecule has 0 spiro atoms. The molecule has 34 heavy (non-hydrogen) atoms. The van der Waals surface area contributed by atoms with Gasteiger partial charge in [0.1, 0.15) is 0 Å². The van der Waals surface area contributed by atoms with Gasteiger partial charge in [-0.1, -0.05) is 62.4 Å². The number of hydrogen-bond acceptors (Lipinski definition) is 6. The molecular weight excluding hydrogens is 450 g/mol. The Morgan fingerprint density at radius 2 is 1.85 bits per heavy atom. The van der Waals surface area contributed by atoms with Gasteiger partial charge in [-0.3, -0.25) is 14.2 Å². The van der Waals surface area contributed by atoms with Crippen molar-refractivity contribution in [2.75, 3.05) is 12.9 Å². The van der Waals surface area contributed by atoms with Gasteiger partial charge in [0.2, 0.25) is 5.91 Å². The van der Waals surface area contributed by atoms with Crippen molar-refractivity contribution in [3.63, 3.8) is 0 Å². The fourth-order valence-corrected chi connectivity index (χ4v) is 4.49. The average molecular weight is 482 g/mol. The van der Waals surface area contributed by atoms with Crippen molar-refractivity contribution < 1.29 is 14.3 Å². The highest BCUT2D eigenvalue weighted by molar-refractivity contribution is 7.99. The molecule has 1 aromatic heterocycles. The Labute approximate surface area is 203 Å². The van der Waals surface area contributed by atoms with Gasteiger partial charge in [0.25, 0.3) is 5.56 Å². The number of ether oxygens (including phenoxy) is 1. The number of aryl methyl sites for hydroxylation is 1. The van der Waals surface area contributed by atoms with Gasteiger partial charge in [-0.05, 0) is 43.0 Å². The van der Waals surface area contributed by atoms with Crippen molar-refractivity contribution in [3.8, 4) is 0 Å². The molecule has 0 saturated heterocycles. The number of nitrogens with one attached hydrogen (secondary N) is 1. The van der Waals surface area contributed by atoms with Crippen LogP contribution in [0.3, 0.4) is 0 Å². The van der Waals surface area contributed by atoms with Crippen LogP contribution in [0.5, 0.6) is 0 Å². The van der Waals surface area contributed by atoms with Gasteiger partial charge in [0.15, 0.2) is 5.16 Å². The topological polar surface area (TPSA) is 90.3 Å². The summed E-state index contributed by atoms with van der Waals surface area (Å²) in [5.74, 6) is -0.295. The van der Waals surface area contributed by atoms with Crippen molar-refractivity contribution in [1.82, 2.24) is 14.9 Å². The van der Waals surface area contributed by atoms with Crippen molar-refractivity contribution in [1.29, 1.82) is 0 Å². The van der Waals surface area contributed by atoms with Gasteiger partial charge in [-0.2, -0.15) is 0 Å². The fraction of sp³-hybridized carbons (Fsp3) is 0.385. The first-order valence-corrected chi connectivity index (χ1v) is 12.3. The van der Waals surface area contributed by atoms with E-state index < -0.39 is 5.97 Å². The van der Waals surface area contributed by atoms with E-state index in [1.54, 1.807) is 22.8 Å². The molecule has 180 valence electrons. The van der Waals surface area contributed by atoms with E-state index in [2.05, 4.69) is 10.3 Å². The maximum Gasteiger partial charge on any atom is 0.337 e. The number of aromatic nitrogens is 2. The number of thioether (sulfide) groups is 1. The normalized spacial score (nSPS) is 12.1. The van der Waals surface area contributed by atoms with Crippen LogP contribution >= 0.6 is 11.8 Å². The van der Waals surface area contributed by atoms with Gasteiger partial charge < -0.3 is 10.1 Å². The Morgan fingerprint density at radius 1 is 1.15 bits per heavy atom. The molecule has 0 bridgehead atoms. The lowest BCUT2D eigenvalue weighted by molar-refractivity contribution is -0.119. The molecule has 1 heterocycles. The van der Waals surface area contributed by atoms with E-state index in [1.807, 2.05) is 52.0 Å². The Kier molecular flexibility index (Phi) is 8.50. The second-order valence-electron chi connectivity index (χ2n) is 8.66. The van der Waals surface area contributed by atoms with Crippen LogP contribution in [0.25, 0.3) is 10.9 Å². The zero-order valence-corrected chi connectivity index (χ0v) is 21.1. The number of amides is 1. The first kappa shape index (κ1) is 25.5. The van der Waals surface area contributed by atoms with Crippen LogP contribution in [-0.4, -0.2) is 34.3 Å². The number of esters is 1. The highest BCUT2D eigenvalue weighted by atomic mass is 32.2. The second-order valence-corrected chi connectivity index (χ2v) is 9.60. The maximum absolute atomic E-state index is 13.2. The molecular formula is C26H31N3O4S. The van der Waals surface area contributed by atoms with E-state index in [0.29, 0.717) is 28.2 Å². The van der Waals surface area contributed by atoms with Gasteiger partial charge in [-0.15, -0.1) is 0 Å². The Hall–Kier alpha value is -3.13. The van der Waals surface area contributed by atoms with E-state index in [4.69, 9.17) is 4.74 Å². The number of fused-ring (bicyclic) bond motifs is 1. The summed E-state index contributed by atoms with van der Waals surface area (Å²) in [6.45, 7) is 8.58. The monoisotopic (exact) mass is 481 g/mol. The molecule has 8 heteroatoms. The van der Waals surface area contributed by atoms with Crippen LogP contribution < -0.4 is 10.9 Å². The van der Waals surface area contributed by atoms with Crippen LogP contribution in [0.4, 0.5) is 0 Å². The number of methoxy groups -OCH3 is 1. The Balaban J connectivity index is 1.86. The molecule has 0 fully saturated rings. The third-order valence-electron chi connectivity index (χ3n) is 5.44. The summed E-state index contributed by atoms with van der Waals surface area (Å²) < 4.78 is 6.39.